The summed E-state index contributed by atoms with van der Waals surface area (Å²) in [7, 11) is 0. The predicted octanol–water partition coefficient (Wildman–Crippen LogP) is 5.18. The first kappa shape index (κ1) is 23.0. The molecule has 0 aliphatic carbocycles. The van der Waals surface area contributed by atoms with Crippen LogP contribution in [0, 0.1) is 20.8 Å². The van der Waals surface area contributed by atoms with Crippen LogP contribution in [0.3, 0.4) is 0 Å². The molecule has 2 atom stereocenters. The minimum atomic E-state index is -0.446. The summed E-state index contributed by atoms with van der Waals surface area (Å²) < 4.78 is 7.73. The van der Waals surface area contributed by atoms with E-state index in [-0.39, 0.29) is 18.6 Å². The largest absolute Gasteiger partial charge is 0.486 e. The van der Waals surface area contributed by atoms with Crippen LogP contribution in [0.25, 0.3) is 0 Å². The van der Waals surface area contributed by atoms with Crippen molar-refractivity contribution < 1.29 is 9.53 Å². The molecule has 0 fully saturated rings. The number of benzene rings is 3. The van der Waals surface area contributed by atoms with Gasteiger partial charge in [-0.25, -0.2) is 4.68 Å². The van der Waals surface area contributed by atoms with Crippen molar-refractivity contribution in [1.82, 2.24) is 14.9 Å². The Morgan fingerprint density at radius 3 is 2.49 bits per heavy atom. The van der Waals surface area contributed by atoms with Crippen molar-refractivity contribution in [3.63, 3.8) is 0 Å². The van der Waals surface area contributed by atoms with Gasteiger partial charge in [0.2, 0.25) is 11.1 Å². The van der Waals surface area contributed by atoms with Gasteiger partial charge in [-0.1, -0.05) is 77.5 Å². The predicted molar refractivity (Wildman–Crippen MR) is 138 cm³/mol. The van der Waals surface area contributed by atoms with E-state index < -0.39 is 5.25 Å². The SMILES string of the molecule is Cc1ccc([C@@H]2Nn3c(COc4ccccc4)nnc3S[C@H]2C(=O)Nc2ccc(C)cc2C)cc1. The van der Waals surface area contributed by atoms with E-state index in [1.165, 1.54) is 11.8 Å². The maximum absolute atomic E-state index is 13.5. The van der Waals surface area contributed by atoms with E-state index in [0.29, 0.717) is 11.0 Å². The second-order valence-electron chi connectivity index (χ2n) is 8.70. The third kappa shape index (κ3) is 5.02. The van der Waals surface area contributed by atoms with Gasteiger partial charge in [-0.2, -0.15) is 0 Å². The molecular formula is C27H27N5O2S. The number of aryl methyl sites for hydroxylation is 3. The zero-order valence-corrected chi connectivity index (χ0v) is 20.7. The summed E-state index contributed by atoms with van der Waals surface area (Å²) in [6.07, 6.45) is 0. The van der Waals surface area contributed by atoms with Gasteiger partial charge in [-0.15, -0.1) is 10.2 Å². The molecule has 2 heterocycles. The first-order chi connectivity index (χ1) is 17.0. The molecule has 0 unspecified atom stereocenters. The van der Waals surface area contributed by atoms with Gasteiger partial charge in [0.1, 0.15) is 17.6 Å². The van der Waals surface area contributed by atoms with Gasteiger partial charge >= 0.3 is 0 Å². The Bertz CT molecular complexity index is 1340. The van der Waals surface area contributed by atoms with Gasteiger partial charge in [-0.05, 0) is 50.1 Å². The van der Waals surface area contributed by atoms with Crippen LogP contribution in [-0.2, 0) is 11.4 Å². The first-order valence-electron chi connectivity index (χ1n) is 11.5. The highest BCUT2D eigenvalue weighted by atomic mass is 32.2. The summed E-state index contributed by atoms with van der Waals surface area (Å²) >= 11 is 1.40. The molecule has 0 bridgehead atoms. The second-order valence-corrected chi connectivity index (χ2v) is 9.81. The molecule has 0 radical (unpaired) electrons. The van der Waals surface area contributed by atoms with Crippen molar-refractivity contribution in [2.45, 2.75) is 43.8 Å². The molecule has 8 heteroatoms. The average Bonchev–Trinajstić information content (AvgIpc) is 3.26. The summed E-state index contributed by atoms with van der Waals surface area (Å²) in [6, 6.07) is 23.6. The number of para-hydroxylation sites is 1. The van der Waals surface area contributed by atoms with Crippen molar-refractivity contribution >= 4 is 23.4 Å². The topological polar surface area (TPSA) is 81.1 Å². The molecule has 4 aromatic rings. The van der Waals surface area contributed by atoms with Crippen molar-refractivity contribution in [3.8, 4) is 5.75 Å². The number of rotatable bonds is 6. The van der Waals surface area contributed by atoms with Crippen molar-refractivity contribution in [1.29, 1.82) is 0 Å². The lowest BCUT2D eigenvalue weighted by molar-refractivity contribution is -0.116. The van der Waals surface area contributed by atoms with E-state index >= 15 is 0 Å². The van der Waals surface area contributed by atoms with Gasteiger partial charge in [0.05, 0.1) is 6.04 Å². The van der Waals surface area contributed by atoms with Crippen LogP contribution in [0.1, 0.15) is 34.1 Å². The number of nitrogens with one attached hydrogen (secondary N) is 2. The number of thioether (sulfide) groups is 1. The normalized spacial score (nSPS) is 16.8. The standard InChI is InChI=1S/C27H27N5O2S/c1-17-9-12-20(13-10-17)24-25(26(33)28-22-14-11-18(2)15-19(22)3)35-27-30-29-23(32(27)31-24)16-34-21-7-5-4-6-8-21/h4-15,24-25,31H,16H2,1-3H3,(H,28,33)/t24-,25+/m0/s1. The monoisotopic (exact) mass is 485 g/mol. The van der Waals surface area contributed by atoms with E-state index in [9.17, 15) is 4.79 Å². The van der Waals surface area contributed by atoms with Crippen LogP contribution in [0.4, 0.5) is 5.69 Å². The molecule has 1 aromatic heterocycles. The molecule has 1 aliphatic rings. The quantitative estimate of drug-likeness (QED) is 0.392. The van der Waals surface area contributed by atoms with Crippen LogP contribution < -0.4 is 15.5 Å². The van der Waals surface area contributed by atoms with Gasteiger partial charge in [-0.3, -0.25) is 4.79 Å². The van der Waals surface area contributed by atoms with E-state index in [4.69, 9.17) is 4.74 Å². The summed E-state index contributed by atoms with van der Waals surface area (Å²) in [5, 5.41) is 12.0. The van der Waals surface area contributed by atoms with Crippen LogP contribution in [0.5, 0.6) is 5.75 Å². The summed E-state index contributed by atoms with van der Waals surface area (Å²) in [5.41, 5.74) is 8.66. The number of ether oxygens (including phenoxy) is 1. The molecule has 0 saturated carbocycles. The van der Waals surface area contributed by atoms with E-state index in [1.54, 1.807) is 0 Å². The average molecular weight is 486 g/mol. The molecule has 5 rings (SSSR count). The highest BCUT2D eigenvalue weighted by Crippen LogP contribution is 2.38. The maximum Gasteiger partial charge on any atom is 0.240 e. The minimum Gasteiger partial charge on any atom is -0.486 e. The molecule has 7 nitrogen and oxygen atoms in total. The Hall–Kier alpha value is -3.78. The zero-order chi connectivity index (χ0) is 24.4. The molecular weight excluding hydrogens is 458 g/mol. The number of carbonyl (C=O) groups excluding carboxylic acids is 1. The molecule has 3 aromatic carbocycles. The lowest BCUT2D eigenvalue weighted by Crippen LogP contribution is -2.41. The second kappa shape index (κ2) is 9.84. The van der Waals surface area contributed by atoms with Crippen molar-refractivity contribution in [2.24, 2.45) is 0 Å². The Balaban J connectivity index is 1.42. The Labute approximate surface area is 208 Å². The van der Waals surface area contributed by atoms with Crippen LogP contribution >= 0.6 is 11.8 Å². The Morgan fingerprint density at radius 1 is 1.00 bits per heavy atom. The summed E-state index contributed by atoms with van der Waals surface area (Å²) in [5.74, 6) is 1.31. The number of nitrogens with zero attached hydrogens (tertiary/aromatic N) is 3. The molecule has 178 valence electrons. The molecule has 1 aliphatic heterocycles. The first-order valence-corrected chi connectivity index (χ1v) is 12.4. The number of hydrogen-bond acceptors (Lipinski definition) is 6. The van der Waals surface area contributed by atoms with Gasteiger partial charge < -0.3 is 15.5 Å². The minimum absolute atomic E-state index is 0.0867. The maximum atomic E-state index is 13.5. The van der Waals surface area contributed by atoms with Crippen LogP contribution in [0.15, 0.2) is 78.0 Å². The van der Waals surface area contributed by atoms with E-state index in [1.807, 2.05) is 67.9 Å². The highest BCUT2D eigenvalue weighted by Gasteiger charge is 2.38. The Morgan fingerprint density at radius 2 is 1.74 bits per heavy atom. The van der Waals surface area contributed by atoms with E-state index in [0.717, 1.165) is 33.7 Å². The molecule has 0 spiro atoms. The molecule has 35 heavy (non-hydrogen) atoms. The zero-order valence-electron chi connectivity index (χ0n) is 19.9. The van der Waals surface area contributed by atoms with Gasteiger partial charge in [0.25, 0.3) is 0 Å². The van der Waals surface area contributed by atoms with Crippen LogP contribution in [0.2, 0.25) is 0 Å². The highest BCUT2D eigenvalue weighted by molar-refractivity contribution is 8.00. The number of hydrogen-bond donors (Lipinski definition) is 2. The number of carbonyl (C=O) groups is 1. The number of anilines is 1. The lowest BCUT2D eigenvalue weighted by Gasteiger charge is -2.33. The Kier molecular flexibility index (Phi) is 6.46. The van der Waals surface area contributed by atoms with Crippen LogP contribution in [-0.4, -0.2) is 26.0 Å². The fourth-order valence-electron chi connectivity index (χ4n) is 4.04. The van der Waals surface area contributed by atoms with Crippen molar-refractivity contribution in [3.05, 3.63) is 101 Å². The molecule has 2 N–H and O–H groups in total. The fourth-order valence-corrected chi connectivity index (χ4v) is 5.14. The van der Waals surface area contributed by atoms with Crippen molar-refractivity contribution in [2.75, 3.05) is 10.7 Å². The fraction of sp³-hybridized carbons (Fsp3) is 0.222. The molecule has 1 amide bonds. The number of fused-ring (bicyclic) bond motifs is 1. The lowest BCUT2D eigenvalue weighted by atomic mass is 10.0. The third-order valence-electron chi connectivity index (χ3n) is 5.95. The van der Waals surface area contributed by atoms with Gasteiger partial charge in [0.15, 0.2) is 5.82 Å². The number of aromatic nitrogens is 3. The van der Waals surface area contributed by atoms with Gasteiger partial charge in [0, 0.05) is 5.69 Å². The summed E-state index contributed by atoms with van der Waals surface area (Å²) in [6.45, 7) is 6.35. The smallest absolute Gasteiger partial charge is 0.240 e. The number of amides is 1. The molecule has 0 saturated heterocycles. The summed E-state index contributed by atoms with van der Waals surface area (Å²) in [4.78, 5) is 13.5. The third-order valence-corrected chi connectivity index (χ3v) is 7.16. The van der Waals surface area contributed by atoms with E-state index in [2.05, 4.69) is 51.3 Å².